The van der Waals surface area contributed by atoms with Gasteiger partial charge in [-0.15, -0.1) is 0 Å². The molecule has 2 heterocycles. The summed E-state index contributed by atoms with van der Waals surface area (Å²) >= 11 is 0. The number of anilines is 1. The molecule has 0 aliphatic carbocycles. The molecule has 0 radical (unpaired) electrons. The van der Waals surface area contributed by atoms with Crippen LogP contribution >= 0.6 is 0 Å². The van der Waals surface area contributed by atoms with Gasteiger partial charge in [0.05, 0.1) is 24.9 Å². The molecule has 3 N–H and O–H groups in total. The second-order valence-corrected chi connectivity index (χ2v) is 8.53. The molecule has 0 unspecified atom stereocenters. The minimum atomic E-state index is -0.843. The molecule has 0 saturated heterocycles. The van der Waals surface area contributed by atoms with Crippen LogP contribution in [-0.4, -0.2) is 31.4 Å². The zero-order valence-electron chi connectivity index (χ0n) is 19.9. The molecule has 3 aromatic rings. The number of carbonyl (C=O) groups is 2. The Balaban J connectivity index is 1.38. The fourth-order valence-electron chi connectivity index (χ4n) is 4.26. The maximum Gasteiger partial charge on any atom is 0.329 e. The summed E-state index contributed by atoms with van der Waals surface area (Å²) in [5, 5.41) is 10.6. The number of nitrogens with one attached hydrogen (secondary N) is 3. The number of hydrogen-bond donors (Lipinski definition) is 3. The molecule has 9 nitrogen and oxygen atoms in total. The van der Waals surface area contributed by atoms with Crippen LogP contribution < -0.4 is 30.3 Å². The smallest absolute Gasteiger partial charge is 0.329 e. The van der Waals surface area contributed by atoms with Crippen LogP contribution in [0.3, 0.4) is 0 Å². The van der Waals surface area contributed by atoms with Crippen molar-refractivity contribution in [1.29, 1.82) is 0 Å². The topological polar surface area (TPSA) is 110 Å². The van der Waals surface area contributed by atoms with E-state index in [1.165, 1.54) is 0 Å². The fraction of sp³-hybridized carbons (Fsp3) is 0.222. The van der Waals surface area contributed by atoms with E-state index < -0.39 is 11.8 Å². The van der Waals surface area contributed by atoms with Crippen molar-refractivity contribution in [3.05, 3.63) is 83.4 Å². The van der Waals surface area contributed by atoms with Gasteiger partial charge < -0.3 is 24.8 Å². The molecule has 36 heavy (non-hydrogen) atoms. The van der Waals surface area contributed by atoms with E-state index in [1.807, 2.05) is 73.7 Å². The second kappa shape index (κ2) is 9.99. The molecule has 2 aliphatic heterocycles. The lowest BCUT2D eigenvalue weighted by molar-refractivity contribution is -0.139. The molecule has 0 fully saturated rings. The number of carbonyl (C=O) groups excluding carboxylic acids is 2. The largest absolute Gasteiger partial charge is 0.497 e. The highest BCUT2D eigenvalue weighted by Gasteiger charge is 2.29. The lowest BCUT2D eigenvalue weighted by Gasteiger charge is -2.29. The standard InChI is InChI=1S/C27H26N4O5/c1-16(17-7-4-3-5-8-17)28-26(32)27(33)31-30-23-13-21(18-9-6-10-19(11-18)34-2)29-22-14-25-24(12-20(22)23)35-15-36-25/h3-12,14,16,21,29H,13,15H2,1-2H3,(H,28,32)(H,31,33)/b30-23+/t16-,21-/m0/s1. The number of benzene rings is 3. The van der Waals surface area contributed by atoms with Gasteiger partial charge in [0, 0.05) is 23.7 Å². The van der Waals surface area contributed by atoms with Gasteiger partial charge in [0.25, 0.3) is 0 Å². The summed E-state index contributed by atoms with van der Waals surface area (Å²) in [6.07, 6.45) is 0.460. The SMILES string of the molecule is COc1cccc([C@@H]2C/C(=N\NC(=O)C(=O)N[C@@H](C)c3ccccc3)c3cc4c(cc3N2)OCO4)c1. The van der Waals surface area contributed by atoms with E-state index in [-0.39, 0.29) is 18.9 Å². The van der Waals surface area contributed by atoms with Crippen LogP contribution in [0.5, 0.6) is 17.2 Å². The van der Waals surface area contributed by atoms with Crippen molar-refractivity contribution < 1.29 is 23.8 Å². The van der Waals surface area contributed by atoms with Crippen molar-refractivity contribution in [2.24, 2.45) is 5.10 Å². The van der Waals surface area contributed by atoms with Crippen LogP contribution in [0.25, 0.3) is 0 Å². The molecule has 0 aromatic heterocycles. The van der Waals surface area contributed by atoms with Crippen molar-refractivity contribution in [2.45, 2.75) is 25.4 Å². The minimum Gasteiger partial charge on any atom is -0.497 e. The number of rotatable bonds is 5. The van der Waals surface area contributed by atoms with Gasteiger partial charge in [0.15, 0.2) is 11.5 Å². The van der Waals surface area contributed by atoms with E-state index in [9.17, 15) is 9.59 Å². The lowest BCUT2D eigenvalue weighted by Crippen LogP contribution is -2.39. The van der Waals surface area contributed by atoms with Crippen molar-refractivity contribution in [3.8, 4) is 17.2 Å². The first-order chi connectivity index (χ1) is 17.5. The van der Waals surface area contributed by atoms with Crippen LogP contribution in [0, 0.1) is 0 Å². The molecular formula is C27H26N4O5. The number of nitrogens with zero attached hydrogens (tertiary/aromatic N) is 1. The van der Waals surface area contributed by atoms with Gasteiger partial charge in [-0.3, -0.25) is 9.59 Å². The zero-order valence-corrected chi connectivity index (χ0v) is 19.9. The monoisotopic (exact) mass is 486 g/mol. The highest BCUT2D eigenvalue weighted by molar-refractivity contribution is 6.35. The second-order valence-electron chi connectivity index (χ2n) is 8.53. The Hall–Kier alpha value is -4.53. The molecule has 0 saturated carbocycles. The van der Waals surface area contributed by atoms with Gasteiger partial charge >= 0.3 is 11.8 Å². The summed E-state index contributed by atoms with van der Waals surface area (Å²) in [5.74, 6) is 0.361. The molecule has 2 aliphatic rings. The molecule has 9 heteroatoms. The van der Waals surface area contributed by atoms with Crippen LogP contribution in [0.15, 0.2) is 71.8 Å². The summed E-state index contributed by atoms with van der Waals surface area (Å²) < 4.78 is 16.4. The quantitative estimate of drug-likeness (QED) is 0.375. The van der Waals surface area contributed by atoms with Crippen molar-refractivity contribution >= 4 is 23.2 Å². The lowest BCUT2D eigenvalue weighted by atomic mass is 9.91. The van der Waals surface area contributed by atoms with Gasteiger partial charge in [0.1, 0.15) is 5.75 Å². The average Bonchev–Trinajstić information content (AvgIpc) is 3.38. The third-order valence-corrected chi connectivity index (χ3v) is 6.19. The molecule has 0 bridgehead atoms. The average molecular weight is 487 g/mol. The van der Waals surface area contributed by atoms with Gasteiger partial charge in [-0.25, -0.2) is 5.43 Å². The Kier molecular flexibility index (Phi) is 6.44. The number of amides is 2. The van der Waals surface area contributed by atoms with Crippen molar-refractivity contribution in [1.82, 2.24) is 10.7 Å². The molecule has 5 rings (SSSR count). The third kappa shape index (κ3) is 4.81. The van der Waals surface area contributed by atoms with Gasteiger partial charge in [-0.2, -0.15) is 5.10 Å². The minimum absolute atomic E-state index is 0.139. The van der Waals surface area contributed by atoms with Crippen molar-refractivity contribution in [2.75, 3.05) is 19.2 Å². The first kappa shape index (κ1) is 23.2. The number of fused-ring (bicyclic) bond motifs is 2. The summed E-state index contributed by atoms with van der Waals surface area (Å²) in [4.78, 5) is 25.1. The Morgan fingerprint density at radius 3 is 2.58 bits per heavy atom. The van der Waals surface area contributed by atoms with Crippen LogP contribution in [0.1, 0.15) is 42.1 Å². The first-order valence-corrected chi connectivity index (χ1v) is 11.6. The van der Waals surface area contributed by atoms with Gasteiger partial charge in [0.2, 0.25) is 6.79 Å². The first-order valence-electron chi connectivity index (χ1n) is 11.6. The number of hydrazone groups is 1. The molecule has 0 spiro atoms. The summed E-state index contributed by atoms with van der Waals surface area (Å²) in [5.41, 5.74) is 6.46. The molecule has 3 aromatic carbocycles. The van der Waals surface area contributed by atoms with E-state index in [4.69, 9.17) is 14.2 Å². The molecule has 2 atom stereocenters. The molecule has 184 valence electrons. The highest BCUT2D eigenvalue weighted by atomic mass is 16.7. The van der Waals surface area contributed by atoms with Crippen LogP contribution in [-0.2, 0) is 9.59 Å². The zero-order chi connectivity index (χ0) is 25.1. The Morgan fingerprint density at radius 2 is 1.81 bits per heavy atom. The summed E-state index contributed by atoms with van der Waals surface area (Å²) in [7, 11) is 1.62. The van der Waals surface area contributed by atoms with E-state index >= 15 is 0 Å². The Morgan fingerprint density at radius 1 is 1.03 bits per heavy atom. The highest BCUT2D eigenvalue weighted by Crippen LogP contribution is 2.42. The predicted molar refractivity (Wildman–Crippen MR) is 134 cm³/mol. The van der Waals surface area contributed by atoms with E-state index in [2.05, 4.69) is 21.2 Å². The normalized spacial score (nSPS) is 17.5. The van der Waals surface area contributed by atoms with Crippen LogP contribution in [0.4, 0.5) is 5.69 Å². The number of methoxy groups -OCH3 is 1. The Labute approximate surface area is 208 Å². The van der Waals surface area contributed by atoms with E-state index in [0.717, 1.165) is 28.1 Å². The number of hydrogen-bond acceptors (Lipinski definition) is 7. The van der Waals surface area contributed by atoms with E-state index in [0.29, 0.717) is 23.6 Å². The number of ether oxygens (including phenoxy) is 3. The maximum absolute atomic E-state index is 12.6. The predicted octanol–water partition coefficient (Wildman–Crippen LogP) is 3.68. The van der Waals surface area contributed by atoms with Crippen molar-refractivity contribution in [3.63, 3.8) is 0 Å². The molecule has 2 amide bonds. The summed E-state index contributed by atoms with van der Waals surface area (Å²) in [6, 6.07) is 20.4. The maximum atomic E-state index is 12.6. The molecular weight excluding hydrogens is 460 g/mol. The van der Waals surface area contributed by atoms with Gasteiger partial charge in [-0.05, 0) is 36.2 Å². The third-order valence-electron chi connectivity index (χ3n) is 6.19. The summed E-state index contributed by atoms with van der Waals surface area (Å²) in [6.45, 7) is 1.96. The van der Waals surface area contributed by atoms with Gasteiger partial charge in [-0.1, -0.05) is 42.5 Å². The fourth-order valence-corrected chi connectivity index (χ4v) is 4.26. The Bertz CT molecular complexity index is 1320. The van der Waals surface area contributed by atoms with Crippen LogP contribution in [0.2, 0.25) is 0 Å². The van der Waals surface area contributed by atoms with E-state index in [1.54, 1.807) is 7.11 Å².